The van der Waals surface area contributed by atoms with Crippen LogP contribution in [-0.4, -0.2) is 31.3 Å². The molecule has 0 unspecified atom stereocenters. The maximum Gasteiger partial charge on any atom is 0.338 e. The van der Waals surface area contributed by atoms with Gasteiger partial charge in [-0.1, -0.05) is 29.8 Å². The van der Waals surface area contributed by atoms with Crippen LogP contribution in [0.4, 0.5) is 0 Å². The van der Waals surface area contributed by atoms with E-state index in [4.69, 9.17) is 21.1 Å². The monoisotopic (exact) mass is 388 g/mol. The molecule has 0 heterocycles. The van der Waals surface area contributed by atoms with Crippen molar-refractivity contribution in [3.8, 4) is 5.75 Å². The molecule has 27 heavy (non-hydrogen) atoms. The number of hydrogen-bond acceptors (Lipinski definition) is 5. The Bertz CT molecular complexity index is 857. The van der Waals surface area contributed by atoms with Crippen LogP contribution in [0.5, 0.6) is 5.75 Å². The van der Waals surface area contributed by atoms with Gasteiger partial charge in [-0.3, -0.25) is 4.79 Å². The number of methoxy groups -OCH3 is 1. The van der Waals surface area contributed by atoms with Crippen LogP contribution in [0.25, 0.3) is 0 Å². The van der Waals surface area contributed by atoms with Crippen molar-refractivity contribution in [2.45, 2.75) is 26.9 Å². The van der Waals surface area contributed by atoms with Crippen LogP contribution in [0.1, 0.15) is 34.0 Å². The van der Waals surface area contributed by atoms with Gasteiger partial charge < -0.3 is 9.47 Å². The predicted octanol–water partition coefficient (Wildman–Crippen LogP) is 3.66. The number of ether oxygens (including phenoxy) is 2. The normalized spacial score (nSPS) is 11.9. The molecular formula is C20H21ClN2O4. The molecule has 142 valence electrons. The highest BCUT2D eigenvalue weighted by molar-refractivity contribution is 6.30. The molecular weight excluding hydrogens is 368 g/mol. The molecule has 1 amide bonds. The molecule has 2 aromatic rings. The summed E-state index contributed by atoms with van der Waals surface area (Å²) >= 11 is 6.01. The van der Waals surface area contributed by atoms with Gasteiger partial charge in [-0.25, -0.2) is 10.2 Å². The van der Waals surface area contributed by atoms with Crippen LogP contribution in [-0.2, 0) is 9.53 Å². The number of carbonyl (C=O) groups is 2. The van der Waals surface area contributed by atoms with Crippen molar-refractivity contribution in [3.05, 3.63) is 63.7 Å². The van der Waals surface area contributed by atoms with Crippen molar-refractivity contribution in [2.75, 3.05) is 7.11 Å². The number of halogens is 1. The Hall–Kier alpha value is -2.86. The standard InChI is InChI=1S/C20H21ClN2O4/c1-12-9-16(21)10-13(2)18(12)27-14(3)19(24)23-22-11-15-7-5-6-8-17(15)20(25)26-4/h5-11,14H,1-4H3,(H,23,24)/b22-11-/t14-/m1/s1. The number of hydrogen-bond donors (Lipinski definition) is 1. The van der Waals surface area contributed by atoms with E-state index in [0.717, 1.165) is 11.1 Å². The zero-order valence-electron chi connectivity index (χ0n) is 15.6. The van der Waals surface area contributed by atoms with Gasteiger partial charge in [0.05, 0.1) is 18.9 Å². The lowest BCUT2D eigenvalue weighted by Gasteiger charge is -2.17. The third-order valence-corrected chi connectivity index (χ3v) is 4.05. The van der Waals surface area contributed by atoms with Gasteiger partial charge >= 0.3 is 5.97 Å². The first-order valence-electron chi connectivity index (χ1n) is 8.27. The number of benzene rings is 2. The van der Waals surface area contributed by atoms with E-state index in [0.29, 0.717) is 21.9 Å². The minimum absolute atomic E-state index is 0.356. The first kappa shape index (κ1) is 20.5. The topological polar surface area (TPSA) is 77.0 Å². The number of esters is 1. The molecule has 0 aliphatic rings. The van der Waals surface area contributed by atoms with E-state index < -0.39 is 18.0 Å². The summed E-state index contributed by atoms with van der Waals surface area (Å²) in [5, 5.41) is 4.52. The molecule has 7 heteroatoms. The predicted molar refractivity (Wildman–Crippen MR) is 105 cm³/mol. The van der Waals surface area contributed by atoms with Crippen LogP contribution >= 0.6 is 11.6 Å². The van der Waals surface area contributed by atoms with E-state index in [1.165, 1.54) is 13.3 Å². The minimum Gasteiger partial charge on any atom is -0.480 e. The molecule has 0 saturated heterocycles. The molecule has 0 aromatic heterocycles. The van der Waals surface area contributed by atoms with E-state index in [1.54, 1.807) is 43.3 Å². The highest BCUT2D eigenvalue weighted by Crippen LogP contribution is 2.27. The van der Waals surface area contributed by atoms with Gasteiger partial charge in [0.25, 0.3) is 5.91 Å². The minimum atomic E-state index is -0.767. The summed E-state index contributed by atoms with van der Waals surface area (Å²) in [5.41, 5.74) is 4.98. The first-order chi connectivity index (χ1) is 12.8. The fraction of sp³-hybridized carbons (Fsp3) is 0.250. The lowest BCUT2D eigenvalue weighted by Crippen LogP contribution is -2.33. The van der Waals surface area contributed by atoms with Crippen molar-refractivity contribution >= 4 is 29.7 Å². The van der Waals surface area contributed by atoms with Crippen LogP contribution in [0.3, 0.4) is 0 Å². The smallest absolute Gasteiger partial charge is 0.338 e. The van der Waals surface area contributed by atoms with Crippen molar-refractivity contribution in [2.24, 2.45) is 5.10 Å². The van der Waals surface area contributed by atoms with Crippen LogP contribution < -0.4 is 10.2 Å². The molecule has 0 saturated carbocycles. The van der Waals surface area contributed by atoms with Gasteiger partial charge in [0.15, 0.2) is 6.10 Å². The largest absolute Gasteiger partial charge is 0.480 e. The number of rotatable bonds is 6. The SMILES string of the molecule is COC(=O)c1ccccc1/C=N\NC(=O)[C@@H](C)Oc1c(C)cc(Cl)cc1C. The second-order valence-corrected chi connectivity index (χ2v) is 6.38. The number of nitrogens with zero attached hydrogens (tertiary/aromatic N) is 1. The van der Waals surface area contributed by atoms with E-state index >= 15 is 0 Å². The van der Waals surface area contributed by atoms with Crippen LogP contribution in [0.2, 0.25) is 5.02 Å². The van der Waals surface area contributed by atoms with E-state index in [2.05, 4.69) is 10.5 Å². The van der Waals surface area contributed by atoms with Crippen molar-refractivity contribution in [1.82, 2.24) is 5.43 Å². The number of nitrogens with one attached hydrogen (secondary N) is 1. The van der Waals surface area contributed by atoms with E-state index in [-0.39, 0.29) is 0 Å². The molecule has 0 fully saturated rings. The van der Waals surface area contributed by atoms with Gasteiger partial charge in [-0.15, -0.1) is 0 Å². The summed E-state index contributed by atoms with van der Waals surface area (Å²) < 4.78 is 10.5. The fourth-order valence-electron chi connectivity index (χ4n) is 2.48. The second kappa shape index (κ2) is 9.19. The van der Waals surface area contributed by atoms with Crippen LogP contribution in [0.15, 0.2) is 41.5 Å². The third kappa shape index (κ3) is 5.31. The average Bonchev–Trinajstić information content (AvgIpc) is 2.64. The summed E-state index contributed by atoms with van der Waals surface area (Å²) in [6.45, 7) is 5.35. The molecule has 0 spiro atoms. The van der Waals surface area contributed by atoms with Gasteiger partial charge in [-0.2, -0.15) is 5.10 Å². The van der Waals surface area contributed by atoms with E-state index in [9.17, 15) is 9.59 Å². The van der Waals surface area contributed by atoms with Crippen molar-refractivity contribution in [3.63, 3.8) is 0 Å². The zero-order chi connectivity index (χ0) is 20.0. The molecule has 0 bridgehead atoms. The number of hydrazone groups is 1. The molecule has 0 aliphatic heterocycles. The third-order valence-electron chi connectivity index (χ3n) is 3.83. The summed E-state index contributed by atoms with van der Waals surface area (Å²) in [4.78, 5) is 24.0. The molecule has 6 nitrogen and oxygen atoms in total. The first-order valence-corrected chi connectivity index (χ1v) is 8.65. The van der Waals surface area contributed by atoms with Gasteiger partial charge in [0.1, 0.15) is 5.75 Å². The average molecular weight is 389 g/mol. The molecule has 1 atom stereocenters. The molecule has 0 radical (unpaired) electrons. The molecule has 1 N–H and O–H groups in total. The van der Waals surface area contributed by atoms with E-state index in [1.807, 2.05) is 13.8 Å². The summed E-state index contributed by atoms with van der Waals surface area (Å²) in [6.07, 6.45) is 0.618. The maximum atomic E-state index is 12.2. The Labute approximate surface area is 163 Å². The lowest BCUT2D eigenvalue weighted by molar-refractivity contribution is -0.127. The quantitative estimate of drug-likeness (QED) is 0.465. The molecule has 0 aliphatic carbocycles. The van der Waals surface area contributed by atoms with Gasteiger partial charge in [0, 0.05) is 10.6 Å². The Morgan fingerprint density at radius 2 is 1.81 bits per heavy atom. The Morgan fingerprint density at radius 1 is 1.19 bits per heavy atom. The van der Waals surface area contributed by atoms with Gasteiger partial charge in [0.2, 0.25) is 0 Å². The summed E-state index contributed by atoms with van der Waals surface area (Å²) in [5.74, 6) is -0.286. The Morgan fingerprint density at radius 3 is 2.44 bits per heavy atom. The molecule has 2 rings (SSSR count). The second-order valence-electron chi connectivity index (χ2n) is 5.94. The van der Waals surface area contributed by atoms with Crippen molar-refractivity contribution < 1.29 is 19.1 Å². The lowest BCUT2D eigenvalue weighted by atomic mass is 10.1. The summed E-state index contributed by atoms with van der Waals surface area (Å²) in [6, 6.07) is 10.3. The van der Waals surface area contributed by atoms with Crippen LogP contribution in [0, 0.1) is 13.8 Å². The molecule has 2 aromatic carbocycles. The zero-order valence-corrected chi connectivity index (χ0v) is 16.3. The Balaban J connectivity index is 2.04. The van der Waals surface area contributed by atoms with Gasteiger partial charge in [-0.05, 0) is 50.1 Å². The summed E-state index contributed by atoms with van der Waals surface area (Å²) in [7, 11) is 1.30. The highest BCUT2D eigenvalue weighted by atomic mass is 35.5. The fourth-order valence-corrected chi connectivity index (χ4v) is 2.80. The number of amides is 1. The number of carbonyl (C=O) groups excluding carboxylic acids is 2. The number of aryl methyl sites for hydroxylation is 2. The highest BCUT2D eigenvalue weighted by Gasteiger charge is 2.17. The van der Waals surface area contributed by atoms with Crippen molar-refractivity contribution in [1.29, 1.82) is 0 Å². The Kier molecular flexibility index (Phi) is 6.96. The maximum absolute atomic E-state index is 12.2.